The lowest BCUT2D eigenvalue weighted by Crippen LogP contribution is -2.55. The highest BCUT2D eigenvalue weighted by molar-refractivity contribution is 5.66. The van der Waals surface area contributed by atoms with Gasteiger partial charge in [0.15, 0.2) is 6.10 Å². The third-order valence-electron chi connectivity index (χ3n) is 8.09. The van der Waals surface area contributed by atoms with E-state index in [0.717, 1.165) is 12.8 Å². The maximum absolute atomic E-state index is 11.6. The first-order chi connectivity index (χ1) is 12.8. The van der Waals surface area contributed by atoms with E-state index in [1.54, 1.807) is 13.8 Å². The summed E-state index contributed by atoms with van der Waals surface area (Å²) < 4.78 is 11.9. The molecule has 5 nitrogen and oxygen atoms in total. The highest BCUT2D eigenvalue weighted by Gasteiger charge is 2.64. The van der Waals surface area contributed by atoms with E-state index in [1.165, 1.54) is 6.92 Å². The van der Waals surface area contributed by atoms with Gasteiger partial charge in [-0.05, 0) is 37.5 Å². The molecular formula is C23H41O5-. The van der Waals surface area contributed by atoms with Gasteiger partial charge in [0.1, 0.15) is 0 Å². The van der Waals surface area contributed by atoms with Gasteiger partial charge in [0, 0.05) is 6.92 Å². The van der Waals surface area contributed by atoms with Crippen molar-refractivity contribution in [2.45, 2.75) is 105 Å². The van der Waals surface area contributed by atoms with Crippen LogP contribution in [0.15, 0.2) is 0 Å². The van der Waals surface area contributed by atoms with Crippen LogP contribution in [0.3, 0.4) is 0 Å². The molecule has 0 aromatic carbocycles. The number of carbonyl (C=O) groups is 1. The van der Waals surface area contributed by atoms with E-state index < -0.39 is 35.3 Å². The molecule has 164 valence electrons. The summed E-state index contributed by atoms with van der Waals surface area (Å²) in [4.78, 5) is 11.6. The molecular weight excluding hydrogens is 356 g/mol. The second-order valence-corrected chi connectivity index (χ2v) is 10.1. The number of aliphatic hydroxyl groups excluding tert-OH is 1. The van der Waals surface area contributed by atoms with E-state index in [9.17, 15) is 15.0 Å². The van der Waals surface area contributed by atoms with Crippen LogP contribution in [-0.2, 0) is 14.3 Å². The number of aliphatic hydroxyl groups is 2. The fourth-order valence-electron chi connectivity index (χ4n) is 6.21. The summed E-state index contributed by atoms with van der Waals surface area (Å²) in [6.07, 6.45) is 0.186. The normalized spacial score (nSPS) is 43.3. The van der Waals surface area contributed by atoms with Crippen molar-refractivity contribution in [1.82, 2.24) is 0 Å². The number of rotatable bonds is 6. The van der Waals surface area contributed by atoms with Gasteiger partial charge in [0.2, 0.25) is 0 Å². The molecule has 5 heteroatoms. The molecule has 1 saturated carbocycles. The molecule has 9 unspecified atom stereocenters. The largest absolute Gasteiger partial charge is 0.457 e. The molecule has 1 heterocycles. The summed E-state index contributed by atoms with van der Waals surface area (Å²) in [5.74, 6) is 0.208. The lowest BCUT2D eigenvalue weighted by atomic mass is 9.55. The SMILES string of the molecule is [CH2-]C1(C(C)CC)C(O)C2OC(C(OC(C)=O)C(C)(C)O)CC(C)C2C1(C)CC. The summed E-state index contributed by atoms with van der Waals surface area (Å²) in [5, 5.41) is 22.1. The molecule has 2 rings (SSSR count). The summed E-state index contributed by atoms with van der Waals surface area (Å²) in [6.45, 7) is 20.1. The number of hydrogen-bond acceptors (Lipinski definition) is 5. The Morgan fingerprint density at radius 2 is 1.96 bits per heavy atom. The van der Waals surface area contributed by atoms with Crippen molar-refractivity contribution in [3.63, 3.8) is 0 Å². The van der Waals surface area contributed by atoms with E-state index in [-0.39, 0.29) is 29.3 Å². The van der Waals surface area contributed by atoms with Crippen molar-refractivity contribution in [2.75, 3.05) is 0 Å². The fraction of sp³-hybridized carbons (Fsp3) is 0.913. The molecule has 1 aliphatic carbocycles. The van der Waals surface area contributed by atoms with Crippen LogP contribution in [0.25, 0.3) is 0 Å². The molecule has 0 aromatic heterocycles. The first-order valence-corrected chi connectivity index (χ1v) is 10.8. The van der Waals surface area contributed by atoms with Crippen molar-refractivity contribution in [2.24, 2.45) is 28.6 Å². The van der Waals surface area contributed by atoms with Gasteiger partial charge in [-0.3, -0.25) is 4.79 Å². The van der Waals surface area contributed by atoms with E-state index in [0.29, 0.717) is 6.42 Å². The minimum absolute atomic E-state index is 0.162. The lowest BCUT2D eigenvalue weighted by Gasteiger charge is -2.56. The van der Waals surface area contributed by atoms with Crippen LogP contribution < -0.4 is 0 Å². The summed E-state index contributed by atoms with van der Waals surface area (Å²) in [5.41, 5.74) is -1.91. The molecule has 0 spiro atoms. The third-order valence-corrected chi connectivity index (χ3v) is 8.09. The van der Waals surface area contributed by atoms with E-state index in [4.69, 9.17) is 9.47 Å². The van der Waals surface area contributed by atoms with Crippen LogP contribution in [0, 0.1) is 35.5 Å². The third kappa shape index (κ3) is 3.52. The number of esters is 1. The number of carbonyl (C=O) groups excluding carboxylic acids is 1. The highest BCUT2D eigenvalue weighted by atomic mass is 16.6. The quantitative estimate of drug-likeness (QED) is 0.527. The zero-order chi connectivity index (χ0) is 21.7. The minimum Gasteiger partial charge on any atom is -0.457 e. The summed E-state index contributed by atoms with van der Waals surface area (Å²) in [7, 11) is 0. The van der Waals surface area contributed by atoms with Gasteiger partial charge in [-0.25, -0.2) is 0 Å². The molecule has 0 bridgehead atoms. The van der Waals surface area contributed by atoms with Crippen molar-refractivity contribution >= 4 is 5.97 Å². The predicted molar refractivity (Wildman–Crippen MR) is 109 cm³/mol. The van der Waals surface area contributed by atoms with Gasteiger partial charge >= 0.3 is 5.97 Å². The first-order valence-electron chi connectivity index (χ1n) is 10.8. The lowest BCUT2D eigenvalue weighted by molar-refractivity contribution is -0.216. The van der Waals surface area contributed by atoms with Crippen LogP contribution in [-0.4, -0.2) is 46.2 Å². The Hall–Kier alpha value is -0.650. The Bertz CT molecular complexity index is 570. The zero-order valence-electron chi connectivity index (χ0n) is 19.0. The Morgan fingerprint density at radius 1 is 1.39 bits per heavy atom. The van der Waals surface area contributed by atoms with Gasteiger partial charge in [-0.1, -0.05) is 53.4 Å². The molecule has 2 aliphatic rings. The Labute approximate surface area is 171 Å². The average molecular weight is 398 g/mol. The summed E-state index contributed by atoms with van der Waals surface area (Å²) >= 11 is 0. The van der Waals surface area contributed by atoms with E-state index in [1.807, 2.05) is 0 Å². The Morgan fingerprint density at radius 3 is 2.39 bits per heavy atom. The molecule has 1 aliphatic heterocycles. The van der Waals surface area contributed by atoms with E-state index in [2.05, 4.69) is 41.5 Å². The molecule has 9 atom stereocenters. The van der Waals surface area contributed by atoms with Gasteiger partial charge in [-0.2, -0.15) is 0 Å². The highest BCUT2D eigenvalue weighted by Crippen LogP contribution is 2.66. The van der Waals surface area contributed by atoms with Crippen molar-refractivity contribution in [3.05, 3.63) is 6.92 Å². The zero-order valence-corrected chi connectivity index (χ0v) is 19.0. The van der Waals surface area contributed by atoms with Crippen LogP contribution in [0.2, 0.25) is 0 Å². The van der Waals surface area contributed by atoms with Gasteiger partial charge in [0.05, 0.1) is 23.9 Å². The second-order valence-electron chi connectivity index (χ2n) is 10.1. The molecule has 0 aromatic rings. The summed E-state index contributed by atoms with van der Waals surface area (Å²) in [6, 6.07) is 0. The number of fused-ring (bicyclic) bond motifs is 1. The maximum atomic E-state index is 11.6. The fourth-order valence-corrected chi connectivity index (χ4v) is 6.21. The standard InChI is InChI=1S/C23H41O5/c1-10-14(4)23(9)19(25)18-17(22(23,8)11-2)13(3)12-16(28-18)20(21(6,7)26)27-15(5)24/h13-14,16-20,25-26H,9-12H2,1-8H3/q-1. The molecule has 2 N–H and O–H groups in total. The average Bonchev–Trinajstić information content (AvgIpc) is 2.78. The first kappa shape index (κ1) is 23.6. The number of hydrogen-bond donors (Lipinski definition) is 2. The van der Waals surface area contributed by atoms with Crippen LogP contribution in [0.5, 0.6) is 0 Å². The monoisotopic (exact) mass is 397 g/mol. The minimum atomic E-state index is -1.24. The molecule has 0 amide bonds. The van der Waals surface area contributed by atoms with Crippen molar-refractivity contribution in [3.8, 4) is 0 Å². The Balaban J connectivity index is 2.44. The predicted octanol–water partition coefficient (Wildman–Crippen LogP) is 3.76. The molecule has 2 fully saturated rings. The van der Waals surface area contributed by atoms with Crippen molar-refractivity contribution < 1.29 is 24.5 Å². The van der Waals surface area contributed by atoms with Crippen LogP contribution >= 0.6 is 0 Å². The van der Waals surface area contributed by atoms with Crippen LogP contribution in [0.4, 0.5) is 0 Å². The second kappa shape index (κ2) is 7.88. The van der Waals surface area contributed by atoms with Gasteiger partial charge < -0.3 is 26.6 Å². The van der Waals surface area contributed by atoms with Crippen molar-refractivity contribution in [1.29, 1.82) is 0 Å². The number of ether oxygens (including phenoxy) is 2. The topological polar surface area (TPSA) is 76.0 Å². The Kier molecular flexibility index (Phi) is 6.65. The maximum Gasteiger partial charge on any atom is 0.303 e. The molecule has 28 heavy (non-hydrogen) atoms. The molecule has 0 radical (unpaired) electrons. The van der Waals surface area contributed by atoms with E-state index >= 15 is 0 Å². The van der Waals surface area contributed by atoms with Gasteiger partial charge in [0.25, 0.3) is 0 Å². The smallest absolute Gasteiger partial charge is 0.303 e. The van der Waals surface area contributed by atoms with Gasteiger partial charge in [-0.15, -0.1) is 5.41 Å². The van der Waals surface area contributed by atoms with Crippen LogP contribution in [0.1, 0.15) is 74.7 Å². The molecule has 1 saturated heterocycles.